The van der Waals surface area contributed by atoms with Gasteiger partial charge in [0, 0.05) is 32.7 Å². The molecule has 0 unspecified atom stereocenters. The summed E-state index contributed by atoms with van der Waals surface area (Å²) in [5.41, 5.74) is 5.14. The van der Waals surface area contributed by atoms with Gasteiger partial charge in [0.1, 0.15) is 11.3 Å². The van der Waals surface area contributed by atoms with Gasteiger partial charge in [-0.3, -0.25) is 4.90 Å². The quantitative estimate of drug-likeness (QED) is 0.793. The van der Waals surface area contributed by atoms with Crippen LogP contribution in [0.4, 0.5) is 6.01 Å². The second kappa shape index (κ2) is 6.41. The first-order valence-corrected chi connectivity index (χ1v) is 8.71. The Labute approximate surface area is 147 Å². The van der Waals surface area contributed by atoms with Gasteiger partial charge in [0.25, 0.3) is 6.01 Å². The summed E-state index contributed by atoms with van der Waals surface area (Å²) in [5, 5.41) is 9.65. The molecule has 0 saturated carbocycles. The van der Waals surface area contributed by atoms with Crippen LogP contribution < -0.4 is 4.90 Å². The minimum absolute atomic E-state index is 0.361. The van der Waals surface area contributed by atoms with E-state index >= 15 is 0 Å². The van der Waals surface area contributed by atoms with Crippen LogP contribution in [0.1, 0.15) is 16.7 Å². The average Bonchev–Trinajstić information content (AvgIpc) is 3.02. The summed E-state index contributed by atoms with van der Waals surface area (Å²) in [6, 6.07) is 12.7. The van der Waals surface area contributed by atoms with Gasteiger partial charge >= 0.3 is 0 Å². The molecule has 1 aliphatic heterocycles. The van der Waals surface area contributed by atoms with Crippen LogP contribution in [-0.2, 0) is 6.54 Å². The lowest BCUT2D eigenvalue weighted by Gasteiger charge is -2.33. The molecule has 1 N–H and O–H groups in total. The molecule has 130 valence electrons. The lowest BCUT2D eigenvalue weighted by molar-refractivity contribution is 0.245. The Morgan fingerprint density at radius 2 is 1.84 bits per heavy atom. The highest BCUT2D eigenvalue weighted by Crippen LogP contribution is 2.24. The van der Waals surface area contributed by atoms with Crippen molar-refractivity contribution in [1.29, 1.82) is 0 Å². The van der Waals surface area contributed by atoms with Gasteiger partial charge in [0.15, 0.2) is 5.58 Å². The summed E-state index contributed by atoms with van der Waals surface area (Å²) in [4.78, 5) is 9.28. The number of aromatic hydroxyl groups is 1. The Bertz CT molecular complexity index is 895. The van der Waals surface area contributed by atoms with Gasteiger partial charge in [-0.2, -0.15) is 4.98 Å². The maximum atomic E-state index is 9.65. The zero-order valence-electron chi connectivity index (χ0n) is 14.7. The minimum atomic E-state index is 0.361. The van der Waals surface area contributed by atoms with Crippen molar-refractivity contribution < 1.29 is 9.52 Å². The van der Waals surface area contributed by atoms with Crippen LogP contribution in [0.25, 0.3) is 11.1 Å². The van der Waals surface area contributed by atoms with Crippen LogP contribution in [0.5, 0.6) is 5.75 Å². The summed E-state index contributed by atoms with van der Waals surface area (Å²) in [5.74, 6) is 0.361. The highest BCUT2D eigenvalue weighted by molar-refractivity contribution is 5.75. The molecule has 3 aromatic rings. The van der Waals surface area contributed by atoms with Crippen molar-refractivity contribution in [3.63, 3.8) is 0 Å². The van der Waals surface area contributed by atoms with Gasteiger partial charge in [0.05, 0.1) is 0 Å². The molecule has 0 radical (unpaired) electrons. The van der Waals surface area contributed by atoms with E-state index < -0.39 is 0 Å². The fraction of sp³-hybridized carbons (Fsp3) is 0.350. The summed E-state index contributed by atoms with van der Waals surface area (Å²) in [7, 11) is 0. The summed E-state index contributed by atoms with van der Waals surface area (Å²) >= 11 is 0. The molecule has 0 bridgehead atoms. The number of oxazole rings is 1. The number of rotatable bonds is 3. The third kappa shape index (κ3) is 3.33. The molecule has 1 fully saturated rings. The van der Waals surface area contributed by atoms with E-state index in [0.29, 0.717) is 5.75 Å². The van der Waals surface area contributed by atoms with Crippen LogP contribution in [-0.4, -0.2) is 41.2 Å². The Morgan fingerprint density at radius 3 is 2.60 bits per heavy atom. The minimum Gasteiger partial charge on any atom is -0.508 e. The lowest BCUT2D eigenvalue weighted by atomic mass is 10.1. The van der Waals surface area contributed by atoms with Gasteiger partial charge in [-0.05, 0) is 48.7 Å². The number of fused-ring (bicyclic) bond motifs is 1. The number of benzene rings is 2. The molecule has 0 amide bonds. The maximum absolute atomic E-state index is 9.65. The summed E-state index contributed by atoms with van der Waals surface area (Å²) < 4.78 is 5.91. The number of piperazine rings is 1. The SMILES string of the molecule is Cc1ccc2oc(N3CCN(Cc4ccc(O)c(C)c4)CC3)nc2c1. The number of anilines is 1. The van der Waals surface area contributed by atoms with Crippen LogP contribution >= 0.6 is 0 Å². The van der Waals surface area contributed by atoms with E-state index in [1.807, 2.05) is 19.1 Å². The third-order valence-electron chi connectivity index (χ3n) is 4.84. The normalized spacial score (nSPS) is 15.8. The summed E-state index contributed by atoms with van der Waals surface area (Å²) in [6.07, 6.45) is 0. The molecule has 1 aromatic heterocycles. The number of nitrogens with zero attached hydrogens (tertiary/aromatic N) is 3. The van der Waals surface area contributed by atoms with Crippen LogP contribution in [0.2, 0.25) is 0 Å². The van der Waals surface area contributed by atoms with E-state index in [1.165, 1.54) is 11.1 Å². The molecule has 5 nitrogen and oxygen atoms in total. The molecule has 25 heavy (non-hydrogen) atoms. The van der Waals surface area contributed by atoms with Gasteiger partial charge in [0.2, 0.25) is 0 Å². The Kier molecular flexibility index (Phi) is 4.09. The van der Waals surface area contributed by atoms with Crippen molar-refractivity contribution in [3.8, 4) is 5.75 Å². The molecule has 0 spiro atoms. The van der Waals surface area contributed by atoms with E-state index in [9.17, 15) is 5.11 Å². The van der Waals surface area contributed by atoms with Gasteiger partial charge in [-0.15, -0.1) is 0 Å². The zero-order chi connectivity index (χ0) is 17.4. The number of aryl methyl sites for hydroxylation is 2. The van der Waals surface area contributed by atoms with Crippen LogP contribution in [0, 0.1) is 13.8 Å². The molecular formula is C20H23N3O2. The van der Waals surface area contributed by atoms with Gasteiger partial charge in [-0.25, -0.2) is 0 Å². The second-order valence-corrected chi connectivity index (χ2v) is 6.85. The van der Waals surface area contributed by atoms with E-state index in [-0.39, 0.29) is 0 Å². The Morgan fingerprint density at radius 1 is 1.04 bits per heavy atom. The fourth-order valence-corrected chi connectivity index (χ4v) is 3.33. The molecule has 1 aliphatic rings. The standard InChI is InChI=1S/C20H23N3O2/c1-14-3-6-19-17(11-14)21-20(25-19)23-9-7-22(8-10-23)13-16-4-5-18(24)15(2)12-16/h3-6,11-12,24H,7-10,13H2,1-2H3. The first-order chi connectivity index (χ1) is 12.1. The number of hydrogen-bond donors (Lipinski definition) is 1. The van der Waals surface area contributed by atoms with E-state index in [0.717, 1.165) is 55.4 Å². The maximum Gasteiger partial charge on any atom is 0.298 e. The molecule has 2 aromatic carbocycles. The third-order valence-corrected chi connectivity index (χ3v) is 4.84. The Balaban J connectivity index is 1.41. The lowest BCUT2D eigenvalue weighted by Crippen LogP contribution is -2.46. The Hall–Kier alpha value is -2.53. The monoisotopic (exact) mass is 337 g/mol. The predicted molar refractivity (Wildman–Crippen MR) is 99.1 cm³/mol. The zero-order valence-corrected chi connectivity index (χ0v) is 14.7. The van der Waals surface area contributed by atoms with Gasteiger partial charge in [-0.1, -0.05) is 18.2 Å². The van der Waals surface area contributed by atoms with E-state index in [2.05, 4.69) is 39.9 Å². The van der Waals surface area contributed by atoms with Crippen molar-refractivity contribution in [2.45, 2.75) is 20.4 Å². The summed E-state index contributed by atoms with van der Waals surface area (Å²) in [6.45, 7) is 8.66. The first-order valence-electron chi connectivity index (χ1n) is 8.71. The van der Waals surface area contributed by atoms with Crippen molar-refractivity contribution in [2.75, 3.05) is 31.1 Å². The smallest absolute Gasteiger partial charge is 0.298 e. The largest absolute Gasteiger partial charge is 0.508 e. The molecule has 4 rings (SSSR count). The topological polar surface area (TPSA) is 52.7 Å². The number of hydrogen-bond acceptors (Lipinski definition) is 5. The number of phenolic OH excluding ortho intramolecular Hbond substituents is 1. The molecule has 0 atom stereocenters. The number of aromatic nitrogens is 1. The molecule has 5 heteroatoms. The van der Waals surface area contributed by atoms with Crippen molar-refractivity contribution in [3.05, 3.63) is 53.1 Å². The number of phenols is 1. The first kappa shape index (κ1) is 16.0. The van der Waals surface area contributed by atoms with E-state index in [4.69, 9.17) is 4.42 Å². The second-order valence-electron chi connectivity index (χ2n) is 6.85. The average molecular weight is 337 g/mol. The molecule has 0 aliphatic carbocycles. The molecule has 2 heterocycles. The highest BCUT2D eigenvalue weighted by atomic mass is 16.4. The predicted octanol–water partition coefficient (Wildman–Crippen LogP) is 3.47. The van der Waals surface area contributed by atoms with E-state index in [1.54, 1.807) is 6.07 Å². The van der Waals surface area contributed by atoms with Crippen LogP contribution in [0.3, 0.4) is 0 Å². The van der Waals surface area contributed by atoms with Gasteiger partial charge < -0.3 is 14.4 Å². The highest BCUT2D eigenvalue weighted by Gasteiger charge is 2.21. The van der Waals surface area contributed by atoms with Crippen molar-refractivity contribution in [1.82, 2.24) is 9.88 Å². The molecule has 1 saturated heterocycles. The van der Waals surface area contributed by atoms with Crippen LogP contribution in [0.15, 0.2) is 40.8 Å². The van der Waals surface area contributed by atoms with Crippen molar-refractivity contribution in [2.24, 2.45) is 0 Å². The fourth-order valence-electron chi connectivity index (χ4n) is 3.33. The van der Waals surface area contributed by atoms with Crippen molar-refractivity contribution >= 4 is 17.1 Å². The molecular weight excluding hydrogens is 314 g/mol.